The van der Waals surface area contributed by atoms with Crippen LogP contribution in [0.15, 0.2) is 48.8 Å². The second-order valence-corrected chi connectivity index (χ2v) is 3.52. The molecule has 0 spiro atoms. The van der Waals surface area contributed by atoms with Crippen molar-refractivity contribution in [1.29, 1.82) is 0 Å². The lowest BCUT2D eigenvalue weighted by Crippen LogP contribution is -2.19. The fourth-order valence-corrected chi connectivity index (χ4v) is 1.43. The van der Waals surface area contributed by atoms with Crippen molar-refractivity contribution in [1.82, 2.24) is 4.98 Å². The van der Waals surface area contributed by atoms with E-state index in [-0.39, 0.29) is 6.61 Å². The van der Waals surface area contributed by atoms with Crippen molar-refractivity contribution in [3.05, 3.63) is 48.8 Å². The summed E-state index contributed by atoms with van der Waals surface area (Å²) in [6.07, 6.45) is 3.52. The third kappa shape index (κ3) is 3.04. The predicted octanol–water partition coefficient (Wildman–Crippen LogP) is 1.61. The molecule has 2 aromatic rings. The number of carbonyl (C=O) groups is 1. The standard InChI is InChI=1S/C13H12N2O2/c14-13(16)9-17-12-5-3-10(4-6-12)11-2-1-7-15-8-11/h1-8H,9H2,(H2,14,16). The lowest BCUT2D eigenvalue weighted by Gasteiger charge is -2.05. The molecule has 1 aromatic carbocycles. The third-order valence-corrected chi connectivity index (χ3v) is 2.23. The zero-order valence-electron chi connectivity index (χ0n) is 9.17. The molecule has 0 fully saturated rings. The van der Waals surface area contributed by atoms with Crippen LogP contribution in [0.25, 0.3) is 11.1 Å². The monoisotopic (exact) mass is 228 g/mol. The van der Waals surface area contributed by atoms with Gasteiger partial charge in [-0.1, -0.05) is 18.2 Å². The molecule has 0 saturated heterocycles. The van der Waals surface area contributed by atoms with Crippen molar-refractivity contribution in [2.75, 3.05) is 6.61 Å². The van der Waals surface area contributed by atoms with Gasteiger partial charge < -0.3 is 10.5 Å². The summed E-state index contributed by atoms with van der Waals surface area (Å²) in [7, 11) is 0. The predicted molar refractivity (Wildman–Crippen MR) is 64.4 cm³/mol. The van der Waals surface area contributed by atoms with Gasteiger partial charge in [0.05, 0.1) is 0 Å². The maximum Gasteiger partial charge on any atom is 0.255 e. The Bertz CT molecular complexity index is 495. The normalized spacial score (nSPS) is 9.88. The van der Waals surface area contributed by atoms with Crippen LogP contribution < -0.4 is 10.5 Å². The van der Waals surface area contributed by atoms with E-state index in [4.69, 9.17) is 10.5 Å². The van der Waals surface area contributed by atoms with Gasteiger partial charge >= 0.3 is 0 Å². The van der Waals surface area contributed by atoms with Crippen LogP contribution in [0.3, 0.4) is 0 Å². The van der Waals surface area contributed by atoms with Crippen LogP contribution in [0, 0.1) is 0 Å². The smallest absolute Gasteiger partial charge is 0.255 e. The van der Waals surface area contributed by atoms with Crippen LogP contribution >= 0.6 is 0 Å². The van der Waals surface area contributed by atoms with Crippen molar-refractivity contribution in [2.24, 2.45) is 5.73 Å². The van der Waals surface area contributed by atoms with Crippen molar-refractivity contribution < 1.29 is 9.53 Å². The largest absolute Gasteiger partial charge is 0.484 e. The number of nitrogens with zero attached hydrogens (tertiary/aromatic N) is 1. The summed E-state index contributed by atoms with van der Waals surface area (Å²) >= 11 is 0. The van der Waals surface area contributed by atoms with Gasteiger partial charge in [-0.15, -0.1) is 0 Å². The number of hydrogen-bond donors (Lipinski definition) is 1. The molecule has 2 N–H and O–H groups in total. The Morgan fingerprint density at radius 2 is 1.94 bits per heavy atom. The molecule has 0 unspecified atom stereocenters. The second-order valence-electron chi connectivity index (χ2n) is 3.52. The summed E-state index contributed by atoms with van der Waals surface area (Å²) in [6, 6.07) is 11.3. The molecule has 0 radical (unpaired) electrons. The summed E-state index contributed by atoms with van der Waals surface area (Å²) in [4.78, 5) is 14.6. The highest BCUT2D eigenvalue weighted by Crippen LogP contribution is 2.21. The number of pyridine rings is 1. The molecule has 4 nitrogen and oxygen atoms in total. The molecule has 0 aliphatic rings. The minimum absolute atomic E-state index is 0.105. The minimum atomic E-state index is -0.485. The van der Waals surface area contributed by atoms with Crippen LogP contribution in [0.5, 0.6) is 5.75 Å². The van der Waals surface area contributed by atoms with Crippen molar-refractivity contribution in [3.63, 3.8) is 0 Å². The van der Waals surface area contributed by atoms with E-state index in [1.807, 2.05) is 24.3 Å². The number of ether oxygens (including phenoxy) is 1. The number of hydrogen-bond acceptors (Lipinski definition) is 3. The van der Waals surface area contributed by atoms with Gasteiger partial charge in [-0.3, -0.25) is 9.78 Å². The summed E-state index contributed by atoms with van der Waals surface area (Å²) in [6.45, 7) is -0.105. The third-order valence-electron chi connectivity index (χ3n) is 2.23. The molecule has 1 heterocycles. The Labute approximate surface area is 99.1 Å². The van der Waals surface area contributed by atoms with E-state index in [9.17, 15) is 4.79 Å². The molecule has 0 atom stereocenters. The quantitative estimate of drug-likeness (QED) is 0.864. The van der Waals surface area contributed by atoms with Gasteiger partial charge in [0, 0.05) is 12.4 Å². The Morgan fingerprint density at radius 3 is 2.53 bits per heavy atom. The fourth-order valence-electron chi connectivity index (χ4n) is 1.43. The lowest BCUT2D eigenvalue weighted by atomic mass is 10.1. The number of carbonyl (C=O) groups excluding carboxylic acids is 1. The molecule has 0 aliphatic heterocycles. The number of benzene rings is 1. The summed E-state index contributed by atoms with van der Waals surface area (Å²) in [5, 5.41) is 0. The number of aromatic nitrogens is 1. The molecule has 0 bridgehead atoms. The van der Waals surface area contributed by atoms with E-state index in [0.29, 0.717) is 5.75 Å². The van der Waals surface area contributed by atoms with Crippen LogP contribution in [-0.4, -0.2) is 17.5 Å². The van der Waals surface area contributed by atoms with Crippen LogP contribution in [0.1, 0.15) is 0 Å². The van der Waals surface area contributed by atoms with Gasteiger partial charge in [0.15, 0.2) is 6.61 Å². The molecule has 2 rings (SSSR count). The highest BCUT2D eigenvalue weighted by molar-refractivity contribution is 5.75. The maximum absolute atomic E-state index is 10.5. The Kier molecular flexibility index (Phi) is 3.35. The molecule has 0 aliphatic carbocycles. The fraction of sp³-hybridized carbons (Fsp3) is 0.0769. The SMILES string of the molecule is NC(=O)COc1ccc(-c2cccnc2)cc1. The van der Waals surface area contributed by atoms with Gasteiger partial charge in [0.2, 0.25) is 0 Å². The molecule has 17 heavy (non-hydrogen) atoms. The van der Waals surface area contributed by atoms with Crippen molar-refractivity contribution in [2.45, 2.75) is 0 Å². The minimum Gasteiger partial charge on any atom is -0.484 e. The van der Waals surface area contributed by atoms with Crippen molar-refractivity contribution >= 4 is 5.91 Å². The Hall–Kier alpha value is -2.36. The van der Waals surface area contributed by atoms with Gasteiger partial charge in [0.1, 0.15) is 5.75 Å². The zero-order valence-corrected chi connectivity index (χ0v) is 9.17. The van der Waals surface area contributed by atoms with E-state index < -0.39 is 5.91 Å². The highest BCUT2D eigenvalue weighted by atomic mass is 16.5. The first-order valence-electron chi connectivity index (χ1n) is 5.17. The molecular formula is C13H12N2O2. The number of rotatable bonds is 4. The van der Waals surface area contributed by atoms with Crippen molar-refractivity contribution in [3.8, 4) is 16.9 Å². The van der Waals surface area contributed by atoms with Gasteiger partial charge in [-0.2, -0.15) is 0 Å². The molecule has 1 aromatic heterocycles. The topological polar surface area (TPSA) is 65.2 Å². The van der Waals surface area contributed by atoms with E-state index in [1.165, 1.54) is 0 Å². The van der Waals surface area contributed by atoms with Gasteiger partial charge in [-0.25, -0.2) is 0 Å². The number of amides is 1. The van der Waals surface area contributed by atoms with Crippen LogP contribution in [0.2, 0.25) is 0 Å². The van der Waals surface area contributed by atoms with E-state index in [0.717, 1.165) is 11.1 Å². The molecule has 4 heteroatoms. The molecule has 86 valence electrons. The average molecular weight is 228 g/mol. The first kappa shape index (κ1) is 11.1. The number of nitrogens with two attached hydrogens (primary N) is 1. The Balaban J connectivity index is 2.11. The first-order chi connectivity index (χ1) is 8.25. The second kappa shape index (κ2) is 5.12. The summed E-state index contributed by atoms with van der Waals surface area (Å²) < 4.78 is 5.17. The molecular weight excluding hydrogens is 216 g/mol. The van der Waals surface area contributed by atoms with E-state index in [2.05, 4.69) is 4.98 Å². The molecule has 1 amide bonds. The zero-order chi connectivity index (χ0) is 12.1. The summed E-state index contributed by atoms with van der Waals surface area (Å²) in [5.41, 5.74) is 7.07. The molecule has 0 saturated carbocycles. The Morgan fingerprint density at radius 1 is 1.18 bits per heavy atom. The maximum atomic E-state index is 10.5. The van der Waals surface area contributed by atoms with E-state index in [1.54, 1.807) is 24.5 Å². The van der Waals surface area contributed by atoms with Crippen LogP contribution in [0.4, 0.5) is 0 Å². The lowest BCUT2D eigenvalue weighted by molar-refractivity contribution is -0.119. The summed E-state index contributed by atoms with van der Waals surface area (Å²) in [5.74, 6) is 0.137. The van der Waals surface area contributed by atoms with E-state index >= 15 is 0 Å². The first-order valence-corrected chi connectivity index (χ1v) is 5.17. The van der Waals surface area contributed by atoms with Gasteiger partial charge in [0.25, 0.3) is 5.91 Å². The van der Waals surface area contributed by atoms with Crippen LogP contribution in [-0.2, 0) is 4.79 Å². The average Bonchev–Trinajstić information content (AvgIpc) is 2.38. The highest BCUT2D eigenvalue weighted by Gasteiger charge is 1.99. The number of primary amides is 1. The van der Waals surface area contributed by atoms with Gasteiger partial charge in [-0.05, 0) is 29.3 Å².